The molecule has 1 aliphatic heterocycles. The largest absolute Gasteiger partial charge is 0.507 e. The van der Waals surface area contributed by atoms with Crippen LogP contribution in [0.25, 0.3) is 22.3 Å². The van der Waals surface area contributed by atoms with Crippen LogP contribution in [0, 0.1) is 5.82 Å². The molecule has 0 spiro atoms. The van der Waals surface area contributed by atoms with Crippen molar-refractivity contribution in [2.75, 3.05) is 38.0 Å². The summed E-state index contributed by atoms with van der Waals surface area (Å²) < 4.78 is 13.3. The summed E-state index contributed by atoms with van der Waals surface area (Å²) in [5, 5.41) is 29.7. The highest BCUT2D eigenvalue weighted by atomic mass is 19.1. The smallest absolute Gasteiger partial charge is 0.255 e. The molecular formula is C34H33FN4O5. The molecule has 0 bridgehead atoms. The van der Waals surface area contributed by atoms with Gasteiger partial charge in [-0.15, -0.1) is 0 Å². The number of carbonyl (C=O) groups excluding carboxylic acids is 3. The molecule has 1 fully saturated rings. The molecule has 0 aliphatic carbocycles. The van der Waals surface area contributed by atoms with Crippen molar-refractivity contribution >= 4 is 23.4 Å². The lowest BCUT2D eigenvalue weighted by Gasteiger charge is -2.27. The van der Waals surface area contributed by atoms with Gasteiger partial charge in [0.15, 0.2) is 0 Å². The molecule has 1 saturated heterocycles. The van der Waals surface area contributed by atoms with Gasteiger partial charge in [0, 0.05) is 67.1 Å². The van der Waals surface area contributed by atoms with Crippen molar-refractivity contribution in [3.8, 4) is 33.8 Å². The molecule has 0 radical (unpaired) electrons. The first kappa shape index (κ1) is 30.2. The summed E-state index contributed by atoms with van der Waals surface area (Å²) in [6.07, 6.45) is 0.928. The van der Waals surface area contributed by atoms with Crippen molar-refractivity contribution in [1.82, 2.24) is 15.5 Å². The Bertz CT molecular complexity index is 1650. The number of hydrogen-bond acceptors (Lipinski definition) is 6. The van der Waals surface area contributed by atoms with Gasteiger partial charge in [0.05, 0.1) is 0 Å². The maximum atomic E-state index is 13.3. The summed E-state index contributed by atoms with van der Waals surface area (Å²) in [7, 11) is 0. The summed E-state index contributed by atoms with van der Waals surface area (Å²) in [6, 6.07) is 21.4. The summed E-state index contributed by atoms with van der Waals surface area (Å²) in [6.45, 7) is 3.39. The van der Waals surface area contributed by atoms with E-state index in [4.69, 9.17) is 0 Å². The number of carbonyl (C=O) groups is 3. The van der Waals surface area contributed by atoms with Gasteiger partial charge in [0.2, 0.25) is 5.91 Å². The minimum absolute atomic E-state index is 0.0143. The molecule has 1 aliphatic rings. The first-order valence-electron chi connectivity index (χ1n) is 14.4. The van der Waals surface area contributed by atoms with Crippen molar-refractivity contribution in [2.45, 2.75) is 12.8 Å². The third-order valence-electron chi connectivity index (χ3n) is 7.45. The van der Waals surface area contributed by atoms with Crippen LogP contribution in [0.3, 0.4) is 0 Å². The molecular weight excluding hydrogens is 563 g/mol. The molecule has 0 aromatic heterocycles. The number of hydrogen-bond donors (Lipinski definition) is 5. The number of nitrogens with zero attached hydrogens (tertiary/aromatic N) is 1. The Labute approximate surface area is 254 Å². The van der Waals surface area contributed by atoms with E-state index in [1.807, 2.05) is 4.90 Å². The van der Waals surface area contributed by atoms with Gasteiger partial charge in [-0.3, -0.25) is 14.4 Å². The first-order valence-corrected chi connectivity index (χ1v) is 14.4. The molecule has 10 heteroatoms. The van der Waals surface area contributed by atoms with Crippen molar-refractivity contribution in [2.24, 2.45) is 0 Å². The van der Waals surface area contributed by atoms with Crippen LogP contribution in [0.5, 0.6) is 11.5 Å². The van der Waals surface area contributed by atoms with Gasteiger partial charge in [0.25, 0.3) is 11.8 Å². The second-order valence-electron chi connectivity index (χ2n) is 10.5. The van der Waals surface area contributed by atoms with Gasteiger partial charge < -0.3 is 31.1 Å². The average Bonchev–Trinajstić information content (AvgIpc) is 3.05. The Hall–Kier alpha value is -5.22. The zero-order valence-electron chi connectivity index (χ0n) is 24.0. The Kier molecular flexibility index (Phi) is 9.51. The lowest BCUT2D eigenvalue weighted by Crippen LogP contribution is -2.46. The van der Waals surface area contributed by atoms with Gasteiger partial charge in [-0.2, -0.15) is 0 Å². The van der Waals surface area contributed by atoms with Crippen LogP contribution >= 0.6 is 0 Å². The highest BCUT2D eigenvalue weighted by Crippen LogP contribution is 2.33. The zero-order chi connectivity index (χ0) is 31.1. The van der Waals surface area contributed by atoms with Gasteiger partial charge in [-0.25, -0.2) is 4.39 Å². The Morgan fingerprint density at radius 1 is 0.750 bits per heavy atom. The molecule has 5 N–H and O–H groups in total. The number of amides is 3. The Morgan fingerprint density at radius 3 is 2.02 bits per heavy atom. The molecule has 44 heavy (non-hydrogen) atoms. The number of phenolic OH excluding ortho intramolecular Hbond substituents is 2. The van der Waals surface area contributed by atoms with E-state index >= 15 is 0 Å². The van der Waals surface area contributed by atoms with E-state index in [0.29, 0.717) is 66.0 Å². The van der Waals surface area contributed by atoms with Gasteiger partial charge in [-0.05, 0) is 78.2 Å². The van der Waals surface area contributed by atoms with Crippen molar-refractivity contribution in [1.29, 1.82) is 0 Å². The van der Waals surface area contributed by atoms with E-state index in [1.165, 1.54) is 42.5 Å². The second-order valence-corrected chi connectivity index (χ2v) is 10.5. The predicted molar refractivity (Wildman–Crippen MR) is 166 cm³/mol. The molecule has 5 rings (SSSR count). The average molecular weight is 597 g/mol. The molecule has 0 unspecified atom stereocenters. The highest BCUT2D eigenvalue weighted by molar-refractivity contribution is 6.05. The van der Waals surface area contributed by atoms with Crippen molar-refractivity contribution in [3.63, 3.8) is 0 Å². The number of anilines is 1. The van der Waals surface area contributed by atoms with E-state index in [-0.39, 0.29) is 28.9 Å². The summed E-state index contributed by atoms with van der Waals surface area (Å²) in [4.78, 5) is 39.8. The third-order valence-corrected chi connectivity index (χ3v) is 7.45. The monoisotopic (exact) mass is 596 g/mol. The molecule has 0 atom stereocenters. The number of halogens is 1. The molecule has 226 valence electrons. The van der Waals surface area contributed by atoms with Gasteiger partial charge in [0.1, 0.15) is 17.3 Å². The number of rotatable bonds is 9. The predicted octanol–water partition coefficient (Wildman–Crippen LogP) is 4.77. The number of piperazine rings is 1. The SMILES string of the molecule is O=C(NCCCC(=O)N1CCNCC1)c1ccc(-c2cc(C(=O)Nc3ccc(O)c(-c4ccc(F)cc4)c3)ccc2O)cc1. The van der Waals surface area contributed by atoms with Crippen molar-refractivity contribution < 1.29 is 29.0 Å². The molecule has 4 aromatic carbocycles. The van der Waals surface area contributed by atoms with Gasteiger partial charge in [-0.1, -0.05) is 24.3 Å². The van der Waals surface area contributed by atoms with E-state index in [9.17, 15) is 29.0 Å². The van der Waals surface area contributed by atoms with E-state index < -0.39 is 11.7 Å². The normalized spacial score (nSPS) is 12.9. The number of nitrogens with one attached hydrogen (secondary N) is 3. The van der Waals surface area contributed by atoms with Crippen LogP contribution in [0.15, 0.2) is 84.9 Å². The van der Waals surface area contributed by atoms with Crippen LogP contribution in [0.1, 0.15) is 33.6 Å². The van der Waals surface area contributed by atoms with Crippen LogP contribution in [0.2, 0.25) is 0 Å². The third kappa shape index (κ3) is 7.40. The second kappa shape index (κ2) is 13.8. The molecule has 1 heterocycles. The summed E-state index contributed by atoms with van der Waals surface area (Å²) in [5.41, 5.74) is 3.18. The van der Waals surface area contributed by atoms with Crippen molar-refractivity contribution in [3.05, 3.63) is 102 Å². The standard InChI is InChI=1S/C34H33FN4O5/c35-26-10-7-23(8-11-26)29-21-27(12-14-31(29)41)38-34(44)25-9-13-30(40)28(20-25)22-3-5-24(6-4-22)33(43)37-15-1-2-32(42)39-18-16-36-17-19-39/h3-14,20-21,36,40-41H,1-2,15-19H2,(H,37,43)(H,38,44). The topological polar surface area (TPSA) is 131 Å². The summed E-state index contributed by atoms with van der Waals surface area (Å²) in [5.74, 6) is -1.05. The number of phenols is 2. The minimum atomic E-state index is -0.437. The van der Waals surface area contributed by atoms with Crippen LogP contribution in [-0.4, -0.2) is 65.6 Å². The quantitative estimate of drug-likeness (QED) is 0.140. The van der Waals surface area contributed by atoms with E-state index in [1.54, 1.807) is 42.5 Å². The highest BCUT2D eigenvalue weighted by Gasteiger charge is 2.16. The number of benzene rings is 4. The lowest BCUT2D eigenvalue weighted by atomic mass is 10.00. The Balaban J connectivity index is 1.20. The molecule has 4 aromatic rings. The fourth-order valence-electron chi connectivity index (χ4n) is 5.00. The fraction of sp³-hybridized carbons (Fsp3) is 0.206. The number of aromatic hydroxyl groups is 2. The molecule has 0 saturated carbocycles. The van der Waals surface area contributed by atoms with E-state index in [0.717, 1.165) is 13.1 Å². The first-order chi connectivity index (χ1) is 21.3. The Morgan fingerprint density at radius 2 is 1.34 bits per heavy atom. The maximum Gasteiger partial charge on any atom is 0.255 e. The summed E-state index contributed by atoms with van der Waals surface area (Å²) >= 11 is 0. The van der Waals surface area contributed by atoms with Gasteiger partial charge >= 0.3 is 0 Å². The molecule has 9 nitrogen and oxygen atoms in total. The zero-order valence-corrected chi connectivity index (χ0v) is 24.0. The fourth-order valence-corrected chi connectivity index (χ4v) is 5.00. The lowest BCUT2D eigenvalue weighted by molar-refractivity contribution is -0.131. The minimum Gasteiger partial charge on any atom is -0.507 e. The van der Waals surface area contributed by atoms with E-state index in [2.05, 4.69) is 16.0 Å². The van der Waals surface area contributed by atoms with Crippen LogP contribution < -0.4 is 16.0 Å². The van der Waals surface area contributed by atoms with Crippen LogP contribution in [-0.2, 0) is 4.79 Å². The molecule has 3 amide bonds. The van der Waals surface area contributed by atoms with Crippen LogP contribution in [0.4, 0.5) is 10.1 Å². The maximum absolute atomic E-state index is 13.3.